The van der Waals surface area contributed by atoms with Crippen molar-refractivity contribution in [2.45, 2.75) is 18.9 Å². The van der Waals surface area contributed by atoms with Gasteiger partial charge in [-0.2, -0.15) is 0 Å². The summed E-state index contributed by atoms with van der Waals surface area (Å²) in [6.45, 7) is 3.08. The number of thiophene rings is 1. The number of amidine groups is 1. The van der Waals surface area contributed by atoms with E-state index in [9.17, 15) is 0 Å². The second-order valence-electron chi connectivity index (χ2n) is 6.80. The second kappa shape index (κ2) is 6.98. The minimum absolute atomic E-state index is 0.597. The van der Waals surface area contributed by atoms with Gasteiger partial charge in [-0.25, -0.2) is 4.99 Å². The monoisotopic (exact) mass is 374 g/mol. The number of aliphatic imine (C=N–C) groups is 1. The lowest BCUT2D eigenvalue weighted by atomic mass is 10.0. The number of hydrogen-bond donors (Lipinski definition) is 0. The summed E-state index contributed by atoms with van der Waals surface area (Å²) >= 11 is 7.85. The maximum absolute atomic E-state index is 6.02. The van der Waals surface area contributed by atoms with Crippen molar-refractivity contribution in [2.75, 3.05) is 43.7 Å². The number of nitrogens with zero attached hydrogens (tertiary/aromatic N) is 4. The zero-order valence-electron chi connectivity index (χ0n) is 14.7. The van der Waals surface area contributed by atoms with E-state index in [1.807, 2.05) is 35.6 Å². The van der Waals surface area contributed by atoms with Crippen LogP contribution in [0, 0.1) is 0 Å². The quantitative estimate of drug-likeness (QED) is 0.788. The zero-order valence-corrected chi connectivity index (χ0v) is 16.2. The number of halogens is 1. The van der Waals surface area contributed by atoms with Gasteiger partial charge in [-0.1, -0.05) is 11.6 Å². The zero-order chi connectivity index (χ0) is 17.4. The number of anilines is 2. The van der Waals surface area contributed by atoms with Crippen LogP contribution in [0.4, 0.5) is 10.7 Å². The average Bonchev–Trinajstić information content (AvgIpc) is 3.11. The molecule has 2 aliphatic heterocycles. The molecule has 2 aliphatic rings. The molecular formula is C19H23ClN4S. The van der Waals surface area contributed by atoms with Crippen LogP contribution in [0.15, 0.2) is 40.7 Å². The largest absolute Gasteiger partial charge is 0.340 e. The van der Waals surface area contributed by atoms with Crippen LogP contribution in [0.1, 0.15) is 18.4 Å². The highest BCUT2D eigenvalue weighted by atomic mass is 35.5. The molecule has 0 radical (unpaired) electrons. The minimum atomic E-state index is 0.597. The molecule has 0 bridgehead atoms. The van der Waals surface area contributed by atoms with Crippen LogP contribution in [0.5, 0.6) is 0 Å². The Morgan fingerprint density at radius 2 is 1.88 bits per heavy atom. The van der Waals surface area contributed by atoms with Crippen molar-refractivity contribution in [1.82, 2.24) is 4.90 Å². The van der Waals surface area contributed by atoms with Gasteiger partial charge < -0.3 is 14.7 Å². The van der Waals surface area contributed by atoms with Gasteiger partial charge in [0.1, 0.15) is 17.5 Å². The van der Waals surface area contributed by atoms with Crippen molar-refractivity contribution in [1.29, 1.82) is 0 Å². The number of hydrogen-bond acceptors (Lipinski definition) is 5. The van der Waals surface area contributed by atoms with Crippen LogP contribution < -0.4 is 9.80 Å². The Bertz CT molecular complexity index is 762. The third kappa shape index (κ3) is 3.28. The molecule has 25 heavy (non-hydrogen) atoms. The first-order valence-corrected chi connectivity index (χ1v) is 9.96. The van der Waals surface area contributed by atoms with Crippen molar-refractivity contribution >= 4 is 39.5 Å². The van der Waals surface area contributed by atoms with Crippen LogP contribution in [0.2, 0.25) is 5.02 Å². The highest BCUT2D eigenvalue weighted by Gasteiger charge is 2.30. The van der Waals surface area contributed by atoms with E-state index in [-0.39, 0.29) is 0 Å². The van der Waals surface area contributed by atoms with Gasteiger partial charge in [0, 0.05) is 23.8 Å². The highest BCUT2D eigenvalue weighted by molar-refractivity contribution is 7.14. The first kappa shape index (κ1) is 16.9. The topological polar surface area (TPSA) is 22.1 Å². The fourth-order valence-corrected chi connectivity index (χ4v) is 4.74. The van der Waals surface area contributed by atoms with E-state index >= 15 is 0 Å². The van der Waals surface area contributed by atoms with E-state index in [1.165, 1.54) is 36.5 Å². The maximum atomic E-state index is 6.02. The Morgan fingerprint density at radius 3 is 2.60 bits per heavy atom. The third-order valence-electron chi connectivity index (χ3n) is 5.18. The summed E-state index contributed by atoms with van der Waals surface area (Å²) in [5.41, 5.74) is 2.35. The predicted molar refractivity (Wildman–Crippen MR) is 109 cm³/mol. The van der Waals surface area contributed by atoms with Gasteiger partial charge in [0.2, 0.25) is 0 Å². The first-order chi connectivity index (χ1) is 12.1. The van der Waals surface area contributed by atoms with Crippen LogP contribution in [0.3, 0.4) is 0 Å². The van der Waals surface area contributed by atoms with E-state index in [0.717, 1.165) is 23.2 Å². The summed E-state index contributed by atoms with van der Waals surface area (Å²) in [6.07, 6.45) is 2.43. The highest BCUT2D eigenvalue weighted by Crippen LogP contribution is 2.36. The summed E-state index contributed by atoms with van der Waals surface area (Å²) in [7, 11) is 4.29. The minimum Gasteiger partial charge on any atom is -0.340 e. The van der Waals surface area contributed by atoms with Gasteiger partial charge in [-0.3, -0.25) is 0 Å². The van der Waals surface area contributed by atoms with Gasteiger partial charge in [0.25, 0.3) is 0 Å². The molecule has 1 aromatic carbocycles. The standard InChI is InChI=1S/C19H23ClN4S/c1-22-10-7-16(8-11-22)24-13-21-18(17-9-12-25-19(17)24)23(2)15-5-3-14(20)4-6-15/h3-6,9,12,16H,7-8,10-11,13H2,1-2H3. The fraction of sp³-hybridized carbons (Fsp3) is 0.421. The molecule has 4 rings (SSSR count). The summed E-state index contributed by atoms with van der Waals surface area (Å²) in [5.74, 6) is 1.04. The van der Waals surface area contributed by atoms with Gasteiger partial charge in [0.05, 0.1) is 5.56 Å². The summed E-state index contributed by atoms with van der Waals surface area (Å²) in [5, 5.41) is 4.30. The lowest BCUT2D eigenvalue weighted by molar-refractivity contribution is 0.250. The molecule has 0 atom stereocenters. The smallest absolute Gasteiger partial charge is 0.140 e. The molecule has 4 nitrogen and oxygen atoms in total. The molecule has 0 unspecified atom stereocenters. The Morgan fingerprint density at radius 1 is 1.16 bits per heavy atom. The third-order valence-corrected chi connectivity index (χ3v) is 6.38. The first-order valence-electron chi connectivity index (χ1n) is 8.70. The second-order valence-corrected chi connectivity index (χ2v) is 8.13. The summed E-state index contributed by atoms with van der Waals surface area (Å²) in [4.78, 5) is 12.0. The number of likely N-dealkylation sites (tertiary alicyclic amines) is 1. The molecule has 1 aromatic heterocycles. The Balaban J connectivity index is 1.59. The molecule has 0 N–H and O–H groups in total. The normalized spacial score (nSPS) is 18.8. The van der Waals surface area contributed by atoms with E-state index in [4.69, 9.17) is 16.6 Å². The van der Waals surface area contributed by atoms with E-state index in [1.54, 1.807) is 0 Å². The molecule has 132 valence electrons. The summed E-state index contributed by atoms with van der Waals surface area (Å²) < 4.78 is 0. The molecular weight excluding hydrogens is 352 g/mol. The molecule has 1 saturated heterocycles. The molecule has 2 aromatic rings. The van der Waals surface area contributed by atoms with Crippen LogP contribution in [0.25, 0.3) is 0 Å². The number of fused-ring (bicyclic) bond motifs is 1. The van der Waals surface area contributed by atoms with E-state index in [0.29, 0.717) is 6.04 Å². The number of piperidine rings is 1. The molecule has 3 heterocycles. The average molecular weight is 375 g/mol. The van der Waals surface area contributed by atoms with Crippen molar-refractivity contribution in [3.05, 3.63) is 46.3 Å². The van der Waals surface area contributed by atoms with Crippen molar-refractivity contribution in [2.24, 2.45) is 4.99 Å². The van der Waals surface area contributed by atoms with E-state index < -0.39 is 0 Å². The number of rotatable bonds is 2. The lowest BCUT2D eigenvalue weighted by Crippen LogP contribution is -2.46. The molecule has 6 heteroatoms. The van der Waals surface area contributed by atoms with Crippen LogP contribution >= 0.6 is 22.9 Å². The molecule has 0 aliphatic carbocycles. The SMILES string of the molecule is CN1CCC(N2CN=C(N(C)c3ccc(Cl)cc3)c3ccsc32)CC1. The van der Waals surface area contributed by atoms with Gasteiger partial charge in [-0.05, 0) is 68.7 Å². The molecule has 0 spiro atoms. The Labute approximate surface area is 158 Å². The van der Waals surface area contributed by atoms with Crippen molar-refractivity contribution in [3.63, 3.8) is 0 Å². The van der Waals surface area contributed by atoms with Crippen LogP contribution in [-0.4, -0.2) is 50.6 Å². The lowest BCUT2D eigenvalue weighted by Gasteiger charge is -2.40. The van der Waals surface area contributed by atoms with Gasteiger partial charge in [0.15, 0.2) is 0 Å². The Hall–Kier alpha value is -1.56. The number of benzene rings is 1. The van der Waals surface area contributed by atoms with Crippen LogP contribution in [-0.2, 0) is 0 Å². The molecule has 0 saturated carbocycles. The fourth-order valence-electron chi connectivity index (χ4n) is 3.65. The summed E-state index contributed by atoms with van der Waals surface area (Å²) in [6, 6.07) is 10.7. The van der Waals surface area contributed by atoms with Gasteiger partial charge >= 0.3 is 0 Å². The van der Waals surface area contributed by atoms with Crippen molar-refractivity contribution in [3.8, 4) is 0 Å². The maximum Gasteiger partial charge on any atom is 0.140 e. The Kier molecular flexibility index (Phi) is 4.71. The predicted octanol–water partition coefficient (Wildman–Crippen LogP) is 4.16. The van der Waals surface area contributed by atoms with E-state index in [2.05, 4.69) is 40.2 Å². The van der Waals surface area contributed by atoms with Crippen molar-refractivity contribution < 1.29 is 0 Å². The molecule has 0 amide bonds. The molecule has 1 fully saturated rings. The van der Waals surface area contributed by atoms with Gasteiger partial charge in [-0.15, -0.1) is 11.3 Å².